The van der Waals surface area contributed by atoms with Crippen LogP contribution in [0.2, 0.25) is 0 Å². The van der Waals surface area contributed by atoms with Crippen molar-refractivity contribution < 1.29 is 14.6 Å². The van der Waals surface area contributed by atoms with Crippen LogP contribution in [0.3, 0.4) is 0 Å². The van der Waals surface area contributed by atoms with Crippen molar-refractivity contribution in [3.8, 4) is 17.2 Å². The highest BCUT2D eigenvalue weighted by molar-refractivity contribution is 7.98. The maximum Gasteiger partial charge on any atom is 0.162 e. The number of hydrogen-bond acceptors (Lipinski definition) is 5. The molecule has 0 spiro atoms. The normalized spacial score (nSPS) is 13.0. The van der Waals surface area contributed by atoms with Crippen LogP contribution >= 0.6 is 11.8 Å². The van der Waals surface area contributed by atoms with Gasteiger partial charge in [0.15, 0.2) is 11.5 Å². The zero-order chi connectivity index (χ0) is 14.7. The third kappa shape index (κ3) is 3.19. The van der Waals surface area contributed by atoms with Gasteiger partial charge in [0.05, 0.1) is 0 Å². The second kappa shape index (κ2) is 6.18. The summed E-state index contributed by atoms with van der Waals surface area (Å²) < 4.78 is 11.2. The summed E-state index contributed by atoms with van der Waals surface area (Å²) in [6.45, 7) is 1.85. The standard InChI is InChI=1S/C16H17NO3S/c1-21-16-9-15-14(19-5-6-20-15)7-11(16)10-17-12-3-2-4-13(18)8-12/h2-4,7-9,17-18H,5-6,10H2,1H3. The number of nitrogens with one attached hydrogen (secondary N) is 1. The molecule has 0 saturated heterocycles. The molecule has 2 aromatic carbocycles. The Morgan fingerprint density at radius 1 is 1.14 bits per heavy atom. The molecule has 1 heterocycles. The van der Waals surface area contributed by atoms with E-state index in [0.29, 0.717) is 19.8 Å². The molecule has 3 rings (SSSR count). The topological polar surface area (TPSA) is 50.7 Å². The summed E-state index contributed by atoms with van der Waals surface area (Å²) in [7, 11) is 0. The van der Waals surface area contributed by atoms with Crippen molar-refractivity contribution in [3.63, 3.8) is 0 Å². The smallest absolute Gasteiger partial charge is 0.162 e. The molecule has 0 saturated carbocycles. The van der Waals surface area contributed by atoms with Gasteiger partial charge in [-0.1, -0.05) is 6.07 Å². The van der Waals surface area contributed by atoms with E-state index in [-0.39, 0.29) is 5.75 Å². The van der Waals surface area contributed by atoms with E-state index in [9.17, 15) is 5.11 Å². The minimum atomic E-state index is 0.257. The predicted molar refractivity (Wildman–Crippen MR) is 84.6 cm³/mol. The summed E-state index contributed by atoms with van der Waals surface area (Å²) in [5.74, 6) is 1.87. The highest BCUT2D eigenvalue weighted by atomic mass is 32.2. The molecule has 0 bridgehead atoms. The molecule has 2 aromatic rings. The molecule has 5 heteroatoms. The van der Waals surface area contributed by atoms with Crippen molar-refractivity contribution in [2.45, 2.75) is 11.4 Å². The van der Waals surface area contributed by atoms with E-state index < -0.39 is 0 Å². The summed E-state index contributed by atoms with van der Waals surface area (Å²) >= 11 is 1.68. The number of thioether (sulfide) groups is 1. The second-order valence-electron chi connectivity index (χ2n) is 4.71. The van der Waals surface area contributed by atoms with Gasteiger partial charge < -0.3 is 19.9 Å². The van der Waals surface area contributed by atoms with Gasteiger partial charge in [0, 0.05) is 23.2 Å². The van der Waals surface area contributed by atoms with E-state index in [1.807, 2.05) is 30.5 Å². The van der Waals surface area contributed by atoms with Crippen LogP contribution in [0.5, 0.6) is 17.2 Å². The first-order valence-corrected chi connectivity index (χ1v) is 7.98. The Bertz CT molecular complexity index is 645. The molecule has 0 unspecified atom stereocenters. The van der Waals surface area contributed by atoms with Gasteiger partial charge in [0.25, 0.3) is 0 Å². The van der Waals surface area contributed by atoms with Gasteiger partial charge in [0.2, 0.25) is 0 Å². The fourth-order valence-corrected chi connectivity index (χ4v) is 2.87. The molecular weight excluding hydrogens is 286 g/mol. The van der Waals surface area contributed by atoms with Gasteiger partial charge in [-0.25, -0.2) is 0 Å². The summed E-state index contributed by atoms with van der Waals surface area (Å²) in [5, 5.41) is 12.8. The summed E-state index contributed by atoms with van der Waals surface area (Å²) in [6.07, 6.45) is 2.04. The van der Waals surface area contributed by atoms with Crippen LogP contribution in [0.25, 0.3) is 0 Å². The lowest BCUT2D eigenvalue weighted by Crippen LogP contribution is -2.16. The molecule has 0 atom stereocenters. The summed E-state index contributed by atoms with van der Waals surface area (Å²) in [4.78, 5) is 1.16. The molecule has 1 aliphatic rings. The van der Waals surface area contributed by atoms with Gasteiger partial charge in [-0.3, -0.25) is 0 Å². The number of aromatic hydroxyl groups is 1. The van der Waals surface area contributed by atoms with E-state index in [1.165, 1.54) is 0 Å². The summed E-state index contributed by atoms with van der Waals surface area (Å²) in [5.41, 5.74) is 2.03. The van der Waals surface area contributed by atoms with Crippen LogP contribution in [0.4, 0.5) is 5.69 Å². The van der Waals surface area contributed by atoms with Gasteiger partial charge in [-0.2, -0.15) is 0 Å². The zero-order valence-electron chi connectivity index (χ0n) is 11.8. The van der Waals surface area contributed by atoms with Crippen molar-refractivity contribution in [2.24, 2.45) is 0 Å². The van der Waals surface area contributed by atoms with Gasteiger partial charge in [-0.15, -0.1) is 11.8 Å². The molecule has 0 fully saturated rings. The maximum atomic E-state index is 9.49. The number of fused-ring (bicyclic) bond motifs is 1. The number of rotatable bonds is 4. The molecular formula is C16H17NO3S. The Hall–Kier alpha value is -2.01. The third-order valence-corrected chi connectivity index (χ3v) is 4.09. The monoisotopic (exact) mass is 303 g/mol. The number of phenolic OH excluding ortho intramolecular Hbond substituents is 1. The van der Waals surface area contributed by atoms with Crippen LogP contribution in [0, 0.1) is 0 Å². The van der Waals surface area contributed by atoms with Crippen molar-refractivity contribution in [1.29, 1.82) is 0 Å². The van der Waals surface area contributed by atoms with Gasteiger partial charge >= 0.3 is 0 Å². The molecule has 21 heavy (non-hydrogen) atoms. The second-order valence-corrected chi connectivity index (χ2v) is 5.56. The Morgan fingerprint density at radius 2 is 1.90 bits per heavy atom. The Morgan fingerprint density at radius 3 is 2.62 bits per heavy atom. The van der Waals surface area contributed by atoms with Crippen LogP contribution < -0.4 is 14.8 Å². The Kier molecular flexibility index (Phi) is 4.10. The first-order chi connectivity index (χ1) is 10.3. The van der Waals surface area contributed by atoms with Crippen LogP contribution in [0.15, 0.2) is 41.3 Å². The van der Waals surface area contributed by atoms with E-state index in [0.717, 1.165) is 27.6 Å². The fourth-order valence-electron chi connectivity index (χ4n) is 2.25. The Labute approximate surface area is 128 Å². The van der Waals surface area contributed by atoms with E-state index in [1.54, 1.807) is 23.9 Å². The number of anilines is 1. The molecule has 0 aromatic heterocycles. The largest absolute Gasteiger partial charge is 0.508 e. The minimum absolute atomic E-state index is 0.257. The number of hydrogen-bond donors (Lipinski definition) is 2. The molecule has 2 N–H and O–H groups in total. The lowest BCUT2D eigenvalue weighted by atomic mass is 10.2. The maximum absolute atomic E-state index is 9.49. The predicted octanol–water partition coefficient (Wildman–Crippen LogP) is 3.50. The van der Waals surface area contributed by atoms with Crippen molar-refractivity contribution in [1.82, 2.24) is 0 Å². The molecule has 1 aliphatic heterocycles. The lowest BCUT2D eigenvalue weighted by Gasteiger charge is -2.21. The molecule has 0 amide bonds. The van der Waals surface area contributed by atoms with Gasteiger partial charge in [-0.05, 0) is 36.1 Å². The fraction of sp³-hybridized carbons (Fsp3) is 0.250. The average molecular weight is 303 g/mol. The lowest BCUT2D eigenvalue weighted by molar-refractivity contribution is 0.171. The number of phenols is 1. The van der Waals surface area contributed by atoms with Gasteiger partial charge in [0.1, 0.15) is 19.0 Å². The number of ether oxygens (including phenoxy) is 2. The molecule has 0 radical (unpaired) electrons. The average Bonchev–Trinajstić information content (AvgIpc) is 2.52. The SMILES string of the molecule is CSc1cc2c(cc1CNc1cccc(O)c1)OCCO2. The van der Waals surface area contributed by atoms with Crippen molar-refractivity contribution >= 4 is 17.4 Å². The van der Waals surface area contributed by atoms with Crippen molar-refractivity contribution in [3.05, 3.63) is 42.0 Å². The van der Waals surface area contributed by atoms with E-state index >= 15 is 0 Å². The quantitative estimate of drug-likeness (QED) is 0.847. The van der Waals surface area contributed by atoms with E-state index in [4.69, 9.17) is 9.47 Å². The highest BCUT2D eigenvalue weighted by Crippen LogP contribution is 2.36. The minimum Gasteiger partial charge on any atom is -0.508 e. The summed E-state index contributed by atoms with van der Waals surface area (Å²) in [6, 6.07) is 11.2. The zero-order valence-corrected chi connectivity index (χ0v) is 12.6. The third-order valence-electron chi connectivity index (χ3n) is 3.27. The van der Waals surface area contributed by atoms with Crippen LogP contribution in [-0.4, -0.2) is 24.6 Å². The molecule has 110 valence electrons. The number of benzene rings is 2. The highest BCUT2D eigenvalue weighted by Gasteiger charge is 2.15. The Balaban J connectivity index is 1.81. The first-order valence-electron chi connectivity index (χ1n) is 6.75. The van der Waals surface area contributed by atoms with Crippen molar-refractivity contribution in [2.75, 3.05) is 24.8 Å². The van der Waals surface area contributed by atoms with E-state index in [2.05, 4.69) is 5.32 Å². The van der Waals surface area contributed by atoms with Crippen LogP contribution in [-0.2, 0) is 6.54 Å². The molecule has 4 nitrogen and oxygen atoms in total. The molecule has 0 aliphatic carbocycles. The first kappa shape index (κ1) is 13.9. The van der Waals surface area contributed by atoms with Crippen LogP contribution in [0.1, 0.15) is 5.56 Å².